The Kier molecular flexibility index (Phi) is 5.39. The summed E-state index contributed by atoms with van der Waals surface area (Å²) in [6.07, 6.45) is 0.795. The quantitative estimate of drug-likeness (QED) is 0.661. The third-order valence-corrected chi connectivity index (χ3v) is 5.35. The number of amides is 1. The van der Waals surface area contributed by atoms with Crippen molar-refractivity contribution in [3.05, 3.63) is 34.8 Å². The van der Waals surface area contributed by atoms with Crippen LogP contribution in [-0.4, -0.2) is 41.6 Å². The maximum Gasteiger partial charge on any atom is 0.239 e. The van der Waals surface area contributed by atoms with Crippen LogP contribution in [0.3, 0.4) is 0 Å². The monoisotopic (exact) mass is 375 g/mol. The average molecular weight is 375 g/mol. The lowest BCUT2D eigenvalue weighted by Gasteiger charge is -2.10. The topological polar surface area (TPSA) is 98.5 Å². The van der Waals surface area contributed by atoms with E-state index in [0.29, 0.717) is 10.3 Å². The van der Waals surface area contributed by atoms with Gasteiger partial charge in [-0.25, -0.2) is 0 Å². The second kappa shape index (κ2) is 7.70. The van der Waals surface area contributed by atoms with Gasteiger partial charge in [-0.2, -0.15) is 4.68 Å². The van der Waals surface area contributed by atoms with Gasteiger partial charge in [-0.3, -0.25) is 10.1 Å². The van der Waals surface area contributed by atoms with E-state index in [0.717, 1.165) is 22.7 Å². The van der Waals surface area contributed by atoms with Crippen molar-refractivity contribution in [1.82, 2.24) is 30.4 Å². The molecule has 1 amide bonds. The Balaban J connectivity index is 1.70. The van der Waals surface area contributed by atoms with E-state index in [1.165, 1.54) is 23.1 Å². The van der Waals surface area contributed by atoms with E-state index in [9.17, 15) is 4.79 Å². The molecule has 1 N–H and O–H groups in total. The van der Waals surface area contributed by atoms with Crippen LogP contribution in [-0.2, 0) is 11.2 Å². The number of tetrazole rings is 1. The maximum atomic E-state index is 12.4. The molecule has 0 radical (unpaired) electrons. The van der Waals surface area contributed by atoms with Crippen molar-refractivity contribution in [3.8, 4) is 5.69 Å². The minimum absolute atomic E-state index is 0.164. The summed E-state index contributed by atoms with van der Waals surface area (Å²) in [6.45, 7) is 5.80. The Labute approximate surface area is 153 Å². The van der Waals surface area contributed by atoms with Crippen molar-refractivity contribution in [2.75, 3.05) is 5.32 Å². The zero-order valence-electron chi connectivity index (χ0n) is 14.0. The van der Waals surface area contributed by atoms with Gasteiger partial charge in [0.25, 0.3) is 0 Å². The van der Waals surface area contributed by atoms with Crippen molar-refractivity contribution < 1.29 is 4.79 Å². The third-order valence-electron chi connectivity index (χ3n) is 3.34. The van der Waals surface area contributed by atoms with Gasteiger partial charge in [-0.05, 0) is 48.4 Å². The number of hydrogen-bond donors (Lipinski definition) is 1. The van der Waals surface area contributed by atoms with Gasteiger partial charge in [0.15, 0.2) is 0 Å². The molecule has 8 nitrogen and oxygen atoms in total. The van der Waals surface area contributed by atoms with E-state index in [1.54, 1.807) is 11.6 Å². The summed E-state index contributed by atoms with van der Waals surface area (Å²) >= 11 is 2.67. The third kappa shape index (κ3) is 4.20. The normalized spacial score (nSPS) is 12.1. The fourth-order valence-electron chi connectivity index (χ4n) is 2.04. The van der Waals surface area contributed by atoms with Crippen LogP contribution < -0.4 is 5.32 Å². The number of hydrogen-bond acceptors (Lipinski definition) is 8. The van der Waals surface area contributed by atoms with E-state index in [4.69, 9.17) is 0 Å². The molecule has 0 aliphatic rings. The smallest absolute Gasteiger partial charge is 0.239 e. The van der Waals surface area contributed by atoms with Crippen molar-refractivity contribution in [1.29, 1.82) is 0 Å². The highest BCUT2D eigenvalue weighted by Crippen LogP contribution is 2.24. The number of anilines is 1. The van der Waals surface area contributed by atoms with E-state index < -0.39 is 0 Å². The molecule has 3 rings (SSSR count). The Bertz CT molecular complexity index is 876. The van der Waals surface area contributed by atoms with Crippen LogP contribution in [0.5, 0.6) is 0 Å². The van der Waals surface area contributed by atoms with Crippen LogP contribution in [0.25, 0.3) is 5.69 Å². The molecule has 0 fully saturated rings. The molecule has 0 aliphatic carbocycles. The largest absolute Gasteiger partial charge is 0.300 e. The molecule has 3 aromatic rings. The highest BCUT2D eigenvalue weighted by atomic mass is 32.2. The molecule has 1 unspecified atom stereocenters. The average Bonchev–Trinajstić information content (AvgIpc) is 3.24. The number of nitrogens with zero attached hydrogens (tertiary/aromatic N) is 6. The fourth-order valence-corrected chi connectivity index (χ4v) is 3.53. The zero-order chi connectivity index (χ0) is 17.8. The summed E-state index contributed by atoms with van der Waals surface area (Å²) in [5.41, 5.74) is 1.97. The van der Waals surface area contributed by atoms with Gasteiger partial charge in [-0.1, -0.05) is 42.2 Å². The molecule has 0 saturated carbocycles. The molecule has 0 saturated heterocycles. The van der Waals surface area contributed by atoms with E-state index >= 15 is 0 Å². The van der Waals surface area contributed by atoms with E-state index in [-0.39, 0.29) is 11.2 Å². The maximum absolute atomic E-state index is 12.4. The highest BCUT2D eigenvalue weighted by molar-refractivity contribution is 8.00. The number of carbonyl (C=O) groups is 1. The van der Waals surface area contributed by atoms with Gasteiger partial charge in [0.2, 0.25) is 16.2 Å². The van der Waals surface area contributed by atoms with E-state index in [1.807, 2.05) is 38.1 Å². The summed E-state index contributed by atoms with van der Waals surface area (Å²) in [7, 11) is 0. The summed E-state index contributed by atoms with van der Waals surface area (Å²) in [5.74, 6) is -0.164. The van der Waals surface area contributed by atoms with Crippen molar-refractivity contribution in [2.24, 2.45) is 0 Å². The molecule has 10 heteroatoms. The van der Waals surface area contributed by atoms with Crippen LogP contribution in [0.1, 0.15) is 24.4 Å². The molecule has 2 aromatic heterocycles. The molecule has 2 heterocycles. The van der Waals surface area contributed by atoms with Crippen molar-refractivity contribution in [3.63, 3.8) is 0 Å². The molecular formula is C15H17N7OS2. The molecule has 0 spiro atoms. The first kappa shape index (κ1) is 17.5. The summed E-state index contributed by atoms with van der Waals surface area (Å²) in [5, 5.41) is 24.1. The minimum atomic E-state index is -0.386. The van der Waals surface area contributed by atoms with Crippen molar-refractivity contribution >= 4 is 34.1 Å². The first-order chi connectivity index (χ1) is 12.1. The van der Waals surface area contributed by atoms with Crippen LogP contribution in [0.4, 0.5) is 5.13 Å². The predicted molar refractivity (Wildman–Crippen MR) is 97.1 cm³/mol. The number of rotatable bonds is 6. The van der Waals surface area contributed by atoms with E-state index in [2.05, 4.69) is 31.0 Å². The Morgan fingerprint density at radius 2 is 2.20 bits per heavy atom. The first-order valence-corrected chi connectivity index (χ1v) is 9.41. The highest BCUT2D eigenvalue weighted by Gasteiger charge is 2.20. The molecule has 0 aliphatic heterocycles. The van der Waals surface area contributed by atoms with Gasteiger partial charge in [-0.15, -0.1) is 15.3 Å². The Morgan fingerprint density at radius 1 is 1.36 bits per heavy atom. The van der Waals surface area contributed by atoms with Gasteiger partial charge in [0, 0.05) is 0 Å². The lowest BCUT2D eigenvalue weighted by atomic mass is 10.2. The fraction of sp³-hybridized carbons (Fsp3) is 0.333. The molecule has 1 aromatic carbocycles. The lowest BCUT2D eigenvalue weighted by molar-refractivity contribution is -0.115. The van der Waals surface area contributed by atoms with Gasteiger partial charge in [0.1, 0.15) is 5.01 Å². The standard InChI is InChI=1S/C15H17N7OS2/c1-4-12-17-18-14(25-12)16-13(23)10(3)24-15-19-20-21-22(15)11-7-5-6-9(2)8-11/h5-8,10H,4H2,1-3H3,(H,16,18,23). The Hall–Kier alpha value is -2.33. The molecule has 130 valence electrons. The predicted octanol–water partition coefficient (Wildman–Crippen LogP) is 2.50. The number of thioether (sulfide) groups is 1. The van der Waals surface area contributed by atoms with Crippen LogP contribution >= 0.6 is 23.1 Å². The molecule has 25 heavy (non-hydrogen) atoms. The molecular weight excluding hydrogens is 358 g/mol. The number of aryl methyl sites for hydroxylation is 2. The summed E-state index contributed by atoms with van der Waals surface area (Å²) in [4.78, 5) is 12.4. The Morgan fingerprint density at radius 3 is 2.92 bits per heavy atom. The van der Waals surface area contributed by atoms with Crippen LogP contribution in [0.15, 0.2) is 29.4 Å². The minimum Gasteiger partial charge on any atom is -0.300 e. The second-order valence-corrected chi connectivity index (χ2v) is 7.69. The zero-order valence-corrected chi connectivity index (χ0v) is 15.6. The number of aromatic nitrogens is 6. The number of carbonyl (C=O) groups excluding carboxylic acids is 1. The lowest BCUT2D eigenvalue weighted by Crippen LogP contribution is -2.22. The molecule has 1 atom stereocenters. The van der Waals surface area contributed by atoms with Crippen LogP contribution in [0.2, 0.25) is 0 Å². The number of benzene rings is 1. The summed E-state index contributed by atoms with van der Waals surface area (Å²) in [6, 6.07) is 7.85. The second-order valence-electron chi connectivity index (χ2n) is 5.32. The first-order valence-electron chi connectivity index (χ1n) is 7.72. The van der Waals surface area contributed by atoms with Crippen LogP contribution in [0, 0.1) is 6.92 Å². The van der Waals surface area contributed by atoms with Gasteiger partial charge in [0.05, 0.1) is 10.9 Å². The molecule has 0 bridgehead atoms. The SMILES string of the molecule is CCc1nnc(NC(=O)C(C)Sc2nnnn2-c2cccc(C)c2)s1. The number of nitrogens with one attached hydrogen (secondary N) is 1. The van der Waals surface area contributed by atoms with Gasteiger partial charge >= 0.3 is 0 Å². The summed E-state index contributed by atoms with van der Waals surface area (Å²) < 4.78 is 1.63. The van der Waals surface area contributed by atoms with Crippen molar-refractivity contribution in [2.45, 2.75) is 37.6 Å². The van der Waals surface area contributed by atoms with Gasteiger partial charge < -0.3 is 0 Å².